The summed E-state index contributed by atoms with van der Waals surface area (Å²) in [5, 5.41) is 9.84. The van der Waals surface area contributed by atoms with Gasteiger partial charge in [0.15, 0.2) is 0 Å². The molecule has 1 aromatic rings. The van der Waals surface area contributed by atoms with Crippen molar-refractivity contribution in [2.45, 2.75) is 45.4 Å². The van der Waals surface area contributed by atoms with Crippen LogP contribution in [-0.2, 0) is 6.54 Å². The van der Waals surface area contributed by atoms with E-state index in [1.165, 1.54) is 12.0 Å². The zero-order valence-electron chi connectivity index (χ0n) is 13.7. The fraction of sp³-hybridized carbons (Fsp3) is 0.667. The van der Waals surface area contributed by atoms with E-state index in [9.17, 15) is 5.11 Å². The number of rotatable bonds is 6. The maximum absolute atomic E-state index is 9.84. The van der Waals surface area contributed by atoms with E-state index in [4.69, 9.17) is 0 Å². The molecule has 21 heavy (non-hydrogen) atoms. The first-order valence-electron chi connectivity index (χ1n) is 8.24. The molecular weight excluding hydrogens is 260 g/mol. The largest absolute Gasteiger partial charge is 0.392 e. The van der Waals surface area contributed by atoms with E-state index in [0.717, 1.165) is 32.6 Å². The van der Waals surface area contributed by atoms with Crippen molar-refractivity contribution in [3.63, 3.8) is 0 Å². The maximum Gasteiger partial charge on any atom is 0.0664 e. The van der Waals surface area contributed by atoms with Gasteiger partial charge in [0, 0.05) is 25.7 Å². The second-order valence-corrected chi connectivity index (χ2v) is 6.56. The van der Waals surface area contributed by atoms with Crippen LogP contribution in [0.25, 0.3) is 0 Å². The predicted octanol–water partition coefficient (Wildman–Crippen LogP) is 2.60. The van der Waals surface area contributed by atoms with Gasteiger partial charge in [0.05, 0.1) is 6.10 Å². The summed E-state index contributed by atoms with van der Waals surface area (Å²) < 4.78 is 0. The lowest BCUT2D eigenvalue weighted by Crippen LogP contribution is -2.50. The Morgan fingerprint density at radius 2 is 2.05 bits per heavy atom. The molecule has 3 atom stereocenters. The van der Waals surface area contributed by atoms with Crippen molar-refractivity contribution >= 4 is 0 Å². The molecule has 3 nitrogen and oxygen atoms in total. The quantitative estimate of drug-likeness (QED) is 0.872. The minimum atomic E-state index is -0.190. The Bertz CT molecular complexity index is 409. The standard InChI is InChI=1S/C18H30N2O/c1-4-17(21)14-19(3)18-10-11-20(12-15(18)2)13-16-8-6-5-7-9-16/h5-9,15,17-18,21H,4,10-14H2,1-3H3/t15?,17-,18?/m1/s1. The Kier molecular flexibility index (Phi) is 6.22. The fourth-order valence-electron chi connectivity index (χ4n) is 3.46. The highest BCUT2D eigenvalue weighted by atomic mass is 16.3. The summed E-state index contributed by atoms with van der Waals surface area (Å²) >= 11 is 0. The molecule has 2 unspecified atom stereocenters. The zero-order chi connectivity index (χ0) is 15.2. The maximum atomic E-state index is 9.84. The van der Waals surface area contributed by atoms with Gasteiger partial charge in [-0.2, -0.15) is 0 Å². The van der Waals surface area contributed by atoms with E-state index >= 15 is 0 Å². The van der Waals surface area contributed by atoms with E-state index < -0.39 is 0 Å². The minimum absolute atomic E-state index is 0.190. The molecule has 118 valence electrons. The Hall–Kier alpha value is -0.900. The number of hydrogen-bond donors (Lipinski definition) is 1. The lowest BCUT2D eigenvalue weighted by atomic mass is 9.92. The van der Waals surface area contributed by atoms with Crippen LogP contribution in [0.2, 0.25) is 0 Å². The van der Waals surface area contributed by atoms with Gasteiger partial charge in [-0.3, -0.25) is 4.90 Å². The number of benzene rings is 1. The molecule has 1 saturated heterocycles. The van der Waals surface area contributed by atoms with Crippen molar-refractivity contribution in [2.24, 2.45) is 5.92 Å². The van der Waals surface area contributed by atoms with E-state index in [0.29, 0.717) is 12.0 Å². The third-order valence-electron chi connectivity index (χ3n) is 4.73. The Balaban J connectivity index is 1.84. The summed E-state index contributed by atoms with van der Waals surface area (Å²) in [5.41, 5.74) is 1.40. The number of piperidine rings is 1. The highest BCUT2D eigenvalue weighted by molar-refractivity contribution is 5.14. The molecule has 3 heteroatoms. The smallest absolute Gasteiger partial charge is 0.0664 e. The highest BCUT2D eigenvalue weighted by Gasteiger charge is 2.29. The van der Waals surface area contributed by atoms with Gasteiger partial charge in [0.2, 0.25) is 0 Å². The van der Waals surface area contributed by atoms with E-state index in [1.807, 2.05) is 6.92 Å². The summed E-state index contributed by atoms with van der Waals surface area (Å²) in [6.07, 6.45) is 1.84. The average Bonchev–Trinajstić information content (AvgIpc) is 2.48. The summed E-state index contributed by atoms with van der Waals surface area (Å²) in [7, 11) is 2.16. The number of aliphatic hydroxyl groups excluding tert-OH is 1. The molecule has 0 radical (unpaired) electrons. The minimum Gasteiger partial charge on any atom is -0.392 e. The van der Waals surface area contributed by atoms with E-state index in [2.05, 4.69) is 54.1 Å². The van der Waals surface area contributed by atoms with Crippen molar-refractivity contribution in [1.82, 2.24) is 9.80 Å². The Morgan fingerprint density at radius 1 is 1.33 bits per heavy atom. The van der Waals surface area contributed by atoms with Crippen molar-refractivity contribution in [1.29, 1.82) is 0 Å². The molecule has 0 spiro atoms. The van der Waals surface area contributed by atoms with Crippen LogP contribution in [0.4, 0.5) is 0 Å². The third kappa shape index (κ3) is 4.80. The molecule has 1 N–H and O–H groups in total. The Labute approximate surface area is 129 Å². The summed E-state index contributed by atoms with van der Waals surface area (Å²) in [5.74, 6) is 0.650. The van der Waals surface area contributed by atoms with Crippen molar-refractivity contribution < 1.29 is 5.11 Å². The molecule has 0 amide bonds. The first-order chi connectivity index (χ1) is 10.1. The van der Waals surface area contributed by atoms with Gasteiger partial charge in [0.25, 0.3) is 0 Å². The lowest BCUT2D eigenvalue weighted by molar-refractivity contribution is 0.0419. The zero-order valence-corrected chi connectivity index (χ0v) is 13.7. The highest BCUT2D eigenvalue weighted by Crippen LogP contribution is 2.23. The average molecular weight is 290 g/mol. The van der Waals surface area contributed by atoms with Gasteiger partial charge in [-0.25, -0.2) is 0 Å². The van der Waals surface area contributed by atoms with Crippen LogP contribution in [0.15, 0.2) is 30.3 Å². The molecule has 1 aliphatic heterocycles. The second kappa shape index (κ2) is 7.92. The monoisotopic (exact) mass is 290 g/mol. The van der Waals surface area contributed by atoms with Crippen molar-refractivity contribution in [3.05, 3.63) is 35.9 Å². The SMILES string of the molecule is CC[C@@H](O)CN(C)C1CCN(Cc2ccccc2)CC1C. The molecule has 0 aromatic heterocycles. The molecule has 1 heterocycles. The second-order valence-electron chi connectivity index (χ2n) is 6.56. The van der Waals surface area contributed by atoms with Gasteiger partial charge in [-0.1, -0.05) is 44.2 Å². The number of likely N-dealkylation sites (N-methyl/N-ethyl adjacent to an activating group) is 1. The van der Waals surface area contributed by atoms with Crippen LogP contribution in [0.1, 0.15) is 32.3 Å². The third-order valence-corrected chi connectivity index (χ3v) is 4.73. The first kappa shape index (κ1) is 16.5. The van der Waals surface area contributed by atoms with Gasteiger partial charge < -0.3 is 10.0 Å². The van der Waals surface area contributed by atoms with Gasteiger partial charge in [0.1, 0.15) is 0 Å². The van der Waals surface area contributed by atoms with Crippen molar-refractivity contribution in [2.75, 3.05) is 26.7 Å². The summed E-state index contributed by atoms with van der Waals surface area (Å²) in [6, 6.07) is 11.3. The molecule has 1 aromatic carbocycles. The van der Waals surface area contributed by atoms with Gasteiger partial charge in [-0.05, 0) is 37.9 Å². The van der Waals surface area contributed by atoms with Crippen LogP contribution >= 0.6 is 0 Å². The summed E-state index contributed by atoms with van der Waals surface area (Å²) in [4.78, 5) is 4.92. The van der Waals surface area contributed by atoms with Gasteiger partial charge in [-0.15, -0.1) is 0 Å². The van der Waals surface area contributed by atoms with E-state index in [-0.39, 0.29) is 6.10 Å². The predicted molar refractivity (Wildman–Crippen MR) is 88.2 cm³/mol. The number of aliphatic hydroxyl groups is 1. The summed E-state index contributed by atoms with van der Waals surface area (Å²) in [6.45, 7) is 8.53. The van der Waals surface area contributed by atoms with Crippen LogP contribution < -0.4 is 0 Å². The van der Waals surface area contributed by atoms with Gasteiger partial charge >= 0.3 is 0 Å². The number of likely N-dealkylation sites (tertiary alicyclic amines) is 1. The topological polar surface area (TPSA) is 26.7 Å². The van der Waals surface area contributed by atoms with E-state index in [1.54, 1.807) is 0 Å². The van der Waals surface area contributed by atoms with Crippen LogP contribution in [0.5, 0.6) is 0 Å². The normalized spacial score (nSPS) is 25.2. The molecule has 1 aliphatic rings. The molecule has 1 fully saturated rings. The molecule has 0 bridgehead atoms. The first-order valence-corrected chi connectivity index (χ1v) is 8.24. The fourth-order valence-corrected chi connectivity index (χ4v) is 3.46. The van der Waals surface area contributed by atoms with Crippen molar-refractivity contribution in [3.8, 4) is 0 Å². The number of nitrogens with zero attached hydrogens (tertiary/aromatic N) is 2. The lowest BCUT2D eigenvalue weighted by Gasteiger charge is -2.42. The van der Waals surface area contributed by atoms with Crippen LogP contribution in [0, 0.1) is 5.92 Å². The molecule has 0 saturated carbocycles. The molecule has 2 rings (SSSR count). The Morgan fingerprint density at radius 3 is 2.67 bits per heavy atom. The van der Waals surface area contributed by atoms with Crippen LogP contribution in [0.3, 0.4) is 0 Å². The molecular formula is C18H30N2O. The van der Waals surface area contributed by atoms with Crippen LogP contribution in [-0.4, -0.2) is 53.7 Å². The molecule has 0 aliphatic carbocycles. The number of hydrogen-bond acceptors (Lipinski definition) is 3.